The second-order valence-corrected chi connectivity index (χ2v) is 5.23. The molecule has 0 aliphatic heterocycles. The summed E-state index contributed by atoms with van der Waals surface area (Å²) in [6.07, 6.45) is 0. The second-order valence-electron chi connectivity index (χ2n) is 5.23. The Morgan fingerprint density at radius 3 is 1.86 bits per heavy atom. The largest absolute Gasteiger partial charge is 0.383 e. The van der Waals surface area contributed by atoms with Crippen molar-refractivity contribution in [2.24, 2.45) is 5.73 Å². The van der Waals surface area contributed by atoms with Gasteiger partial charge in [-0.3, -0.25) is 4.79 Å². The van der Waals surface area contributed by atoms with Gasteiger partial charge in [-0.15, -0.1) is 0 Å². The molecule has 0 aromatic heterocycles. The lowest BCUT2D eigenvalue weighted by Crippen LogP contribution is -2.45. The number of carbonyl (C=O) groups excluding carboxylic acids is 1. The molecule has 2 aromatic carbocycles. The highest BCUT2D eigenvalue weighted by Crippen LogP contribution is 2.11. The van der Waals surface area contributed by atoms with Crippen molar-refractivity contribution in [1.82, 2.24) is 4.90 Å². The molecule has 0 unspecified atom stereocenters. The minimum absolute atomic E-state index is 0.102. The van der Waals surface area contributed by atoms with Crippen molar-refractivity contribution in [3.63, 3.8) is 0 Å². The van der Waals surface area contributed by atoms with Gasteiger partial charge in [0, 0.05) is 20.2 Å². The van der Waals surface area contributed by atoms with E-state index in [-0.39, 0.29) is 12.5 Å². The fraction of sp³-hybridized carbons (Fsp3) is 0.278. The molecule has 4 nitrogen and oxygen atoms in total. The number of hydrogen-bond donors (Lipinski definition) is 1. The van der Waals surface area contributed by atoms with E-state index in [1.165, 1.54) is 0 Å². The molecule has 0 saturated carbocycles. The van der Waals surface area contributed by atoms with Crippen LogP contribution in [0.25, 0.3) is 0 Å². The summed E-state index contributed by atoms with van der Waals surface area (Å²) >= 11 is 0. The van der Waals surface area contributed by atoms with Crippen molar-refractivity contribution in [1.29, 1.82) is 0 Å². The maximum atomic E-state index is 12.6. The quantitative estimate of drug-likeness (QED) is 0.852. The summed E-state index contributed by atoms with van der Waals surface area (Å²) in [5.74, 6) is -0.102. The SMILES string of the molecule is COC[C@@H](N)C(=O)N(Cc1ccccc1)Cc1ccccc1. The summed E-state index contributed by atoms with van der Waals surface area (Å²) in [5, 5.41) is 0. The van der Waals surface area contributed by atoms with E-state index in [1.807, 2.05) is 60.7 Å². The van der Waals surface area contributed by atoms with Crippen LogP contribution in [0.2, 0.25) is 0 Å². The van der Waals surface area contributed by atoms with Crippen molar-refractivity contribution in [3.05, 3.63) is 71.8 Å². The van der Waals surface area contributed by atoms with Crippen LogP contribution in [-0.4, -0.2) is 30.6 Å². The number of amides is 1. The minimum atomic E-state index is -0.641. The predicted molar refractivity (Wildman–Crippen MR) is 87.0 cm³/mol. The van der Waals surface area contributed by atoms with Gasteiger partial charge in [0.15, 0.2) is 0 Å². The molecule has 0 saturated heterocycles. The standard InChI is InChI=1S/C18H22N2O2/c1-22-14-17(19)18(21)20(12-15-8-4-2-5-9-15)13-16-10-6-3-7-11-16/h2-11,17H,12-14,19H2,1H3/t17-/m1/s1. The molecule has 0 bridgehead atoms. The number of carbonyl (C=O) groups is 1. The molecule has 0 spiro atoms. The Morgan fingerprint density at radius 2 is 1.45 bits per heavy atom. The molecule has 4 heteroatoms. The third kappa shape index (κ3) is 4.69. The van der Waals surface area contributed by atoms with Crippen molar-refractivity contribution < 1.29 is 9.53 Å². The Labute approximate surface area is 131 Å². The Hall–Kier alpha value is -2.17. The number of rotatable bonds is 7. The topological polar surface area (TPSA) is 55.6 Å². The Balaban J connectivity index is 2.14. The molecular weight excluding hydrogens is 276 g/mol. The van der Waals surface area contributed by atoms with Gasteiger partial charge in [-0.05, 0) is 11.1 Å². The number of ether oxygens (including phenoxy) is 1. The number of hydrogen-bond acceptors (Lipinski definition) is 3. The third-order valence-electron chi connectivity index (χ3n) is 3.41. The molecule has 0 radical (unpaired) electrons. The molecule has 2 rings (SSSR count). The highest BCUT2D eigenvalue weighted by molar-refractivity contribution is 5.81. The first-order valence-electron chi connectivity index (χ1n) is 7.32. The average Bonchev–Trinajstić information content (AvgIpc) is 2.56. The van der Waals surface area contributed by atoms with E-state index < -0.39 is 6.04 Å². The van der Waals surface area contributed by atoms with Crippen LogP contribution in [0, 0.1) is 0 Å². The lowest BCUT2D eigenvalue weighted by molar-refractivity contribution is -0.135. The molecule has 0 heterocycles. The van der Waals surface area contributed by atoms with Gasteiger partial charge in [-0.1, -0.05) is 60.7 Å². The van der Waals surface area contributed by atoms with Gasteiger partial charge in [-0.2, -0.15) is 0 Å². The van der Waals surface area contributed by atoms with Crippen molar-refractivity contribution in [3.8, 4) is 0 Å². The zero-order valence-electron chi connectivity index (χ0n) is 12.8. The molecule has 0 aliphatic carbocycles. The third-order valence-corrected chi connectivity index (χ3v) is 3.41. The monoisotopic (exact) mass is 298 g/mol. The number of methoxy groups -OCH3 is 1. The van der Waals surface area contributed by atoms with Crippen LogP contribution in [0.15, 0.2) is 60.7 Å². The Morgan fingerprint density at radius 1 is 1.00 bits per heavy atom. The van der Waals surface area contributed by atoms with Crippen LogP contribution < -0.4 is 5.73 Å². The summed E-state index contributed by atoms with van der Waals surface area (Å²) in [6.45, 7) is 1.29. The van der Waals surface area contributed by atoms with Gasteiger partial charge < -0.3 is 15.4 Å². The molecule has 22 heavy (non-hydrogen) atoms. The first-order valence-corrected chi connectivity index (χ1v) is 7.32. The fourth-order valence-corrected chi connectivity index (χ4v) is 2.30. The smallest absolute Gasteiger partial charge is 0.242 e. The van der Waals surface area contributed by atoms with Crippen LogP contribution in [0.4, 0.5) is 0 Å². The van der Waals surface area contributed by atoms with Crippen molar-refractivity contribution in [2.45, 2.75) is 19.1 Å². The molecule has 2 N–H and O–H groups in total. The summed E-state index contributed by atoms with van der Waals surface area (Å²) in [5.41, 5.74) is 8.08. The number of nitrogens with zero attached hydrogens (tertiary/aromatic N) is 1. The molecule has 0 fully saturated rings. The highest BCUT2D eigenvalue weighted by Gasteiger charge is 2.21. The van der Waals surface area contributed by atoms with Gasteiger partial charge in [0.2, 0.25) is 5.91 Å². The van der Waals surface area contributed by atoms with Crippen molar-refractivity contribution in [2.75, 3.05) is 13.7 Å². The Kier molecular flexibility index (Phi) is 6.13. The van der Waals surface area contributed by atoms with Gasteiger partial charge >= 0.3 is 0 Å². The molecular formula is C18H22N2O2. The highest BCUT2D eigenvalue weighted by atomic mass is 16.5. The van der Waals surface area contributed by atoms with Crippen LogP contribution in [-0.2, 0) is 22.6 Å². The normalized spacial score (nSPS) is 11.9. The van der Waals surface area contributed by atoms with Crippen LogP contribution in [0.3, 0.4) is 0 Å². The zero-order chi connectivity index (χ0) is 15.8. The van der Waals surface area contributed by atoms with E-state index in [2.05, 4.69) is 0 Å². The van der Waals surface area contributed by atoms with E-state index in [0.29, 0.717) is 13.1 Å². The maximum absolute atomic E-state index is 12.6. The maximum Gasteiger partial charge on any atom is 0.242 e. The van der Waals surface area contributed by atoms with Gasteiger partial charge in [-0.25, -0.2) is 0 Å². The summed E-state index contributed by atoms with van der Waals surface area (Å²) in [4.78, 5) is 14.3. The van der Waals surface area contributed by atoms with Gasteiger partial charge in [0.05, 0.1) is 6.61 Å². The van der Waals surface area contributed by atoms with Crippen LogP contribution in [0.5, 0.6) is 0 Å². The lowest BCUT2D eigenvalue weighted by Gasteiger charge is -2.26. The van der Waals surface area contributed by atoms with Crippen LogP contribution >= 0.6 is 0 Å². The molecule has 1 atom stereocenters. The van der Waals surface area contributed by atoms with Crippen LogP contribution in [0.1, 0.15) is 11.1 Å². The van der Waals surface area contributed by atoms with E-state index in [9.17, 15) is 4.79 Å². The summed E-state index contributed by atoms with van der Waals surface area (Å²) < 4.78 is 5.00. The Bertz CT molecular complexity index is 531. The lowest BCUT2D eigenvalue weighted by atomic mass is 10.1. The average molecular weight is 298 g/mol. The molecule has 1 amide bonds. The second kappa shape index (κ2) is 8.32. The zero-order valence-corrected chi connectivity index (χ0v) is 12.8. The van der Waals surface area contributed by atoms with Gasteiger partial charge in [0.25, 0.3) is 0 Å². The summed E-state index contributed by atoms with van der Waals surface area (Å²) in [6, 6.07) is 19.2. The first kappa shape index (κ1) is 16.2. The molecule has 116 valence electrons. The molecule has 0 aliphatic rings. The summed E-state index contributed by atoms with van der Waals surface area (Å²) in [7, 11) is 1.55. The van der Waals surface area contributed by atoms with E-state index in [1.54, 1.807) is 12.0 Å². The fourth-order valence-electron chi connectivity index (χ4n) is 2.30. The minimum Gasteiger partial charge on any atom is -0.383 e. The van der Waals surface area contributed by atoms with Gasteiger partial charge in [0.1, 0.15) is 6.04 Å². The first-order chi connectivity index (χ1) is 10.7. The van der Waals surface area contributed by atoms with Crippen molar-refractivity contribution >= 4 is 5.91 Å². The number of benzene rings is 2. The number of nitrogens with two attached hydrogens (primary N) is 1. The predicted octanol–water partition coefficient (Wildman–Crippen LogP) is 2.19. The van der Waals surface area contributed by atoms with E-state index in [4.69, 9.17) is 10.5 Å². The van der Waals surface area contributed by atoms with E-state index in [0.717, 1.165) is 11.1 Å². The van der Waals surface area contributed by atoms with E-state index >= 15 is 0 Å². The molecule has 2 aromatic rings.